The van der Waals surface area contributed by atoms with Crippen LogP contribution in [0.1, 0.15) is 12.8 Å². The summed E-state index contributed by atoms with van der Waals surface area (Å²) in [5.74, 6) is 0. The molecule has 0 bridgehead atoms. The van der Waals surface area contributed by atoms with E-state index < -0.39 is 6.10 Å². The summed E-state index contributed by atoms with van der Waals surface area (Å²) >= 11 is 0. The number of aliphatic hydroxyl groups excluding tert-OH is 1. The number of anilines is 2. The number of carbonyl (C=O) groups excluding carboxylic acids is 2. The predicted molar refractivity (Wildman–Crippen MR) is 81.0 cm³/mol. The second-order valence-corrected chi connectivity index (χ2v) is 5.49. The van der Waals surface area contributed by atoms with Gasteiger partial charge in [-0.25, -0.2) is 9.59 Å². The Balaban J connectivity index is 1.67. The molecule has 1 aromatic carbocycles. The molecule has 0 unspecified atom stereocenters. The van der Waals surface area contributed by atoms with Crippen LogP contribution in [0.2, 0.25) is 0 Å². The number of aliphatic hydroxyl groups is 1. The Morgan fingerprint density at radius 1 is 1.36 bits per heavy atom. The first-order valence-electron chi connectivity index (χ1n) is 7.42. The molecule has 0 aromatic heterocycles. The van der Waals surface area contributed by atoms with Gasteiger partial charge in [-0.15, -0.1) is 0 Å². The van der Waals surface area contributed by atoms with E-state index in [-0.39, 0.29) is 12.1 Å². The van der Waals surface area contributed by atoms with Gasteiger partial charge in [-0.3, -0.25) is 4.90 Å². The summed E-state index contributed by atoms with van der Waals surface area (Å²) < 4.78 is 4.91. The van der Waals surface area contributed by atoms with Crippen LogP contribution in [-0.4, -0.2) is 54.5 Å². The number of hydrogen-bond donors (Lipinski definition) is 2. The Bertz CT molecular complexity index is 578. The van der Waals surface area contributed by atoms with Crippen LogP contribution in [0.15, 0.2) is 24.3 Å². The Morgan fingerprint density at radius 3 is 2.95 bits per heavy atom. The fourth-order valence-corrected chi connectivity index (χ4v) is 2.72. The van der Waals surface area contributed by atoms with Gasteiger partial charge in [-0.05, 0) is 31.0 Å². The standard InChI is InChI=1S/C15H19N3O4/c19-13-5-2-6-17(10-13)14(20)16-11-3-1-4-12(9-11)18-7-8-22-15(18)21/h1,3-4,9,13,19H,2,5-8,10H2,(H,16,20)/t13-/m1/s1. The van der Waals surface area contributed by atoms with Crippen LogP contribution in [0.25, 0.3) is 0 Å². The van der Waals surface area contributed by atoms with Crippen LogP contribution < -0.4 is 10.2 Å². The molecule has 22 heavy (non-hydrogen) atoms. The number of nitrogens with zero attached hydrogens (tertiary/aromatic N) is 2. The number of ether oxygens (including phenoxy) is 1. The summed E-state index contributed by atoms with van der Waals surface area (Å²) in [6.07, 6.45) is 0.706. The lowest BCUT2D eigenvalue weighted by atomic mass is 10.1. The average molecular weight is 305 g/mol. The minimum absolute atomic E-state index is 0.236. The molecule has 2 fully saturated rings. The third-order valence-corrected chi connectivity index (χ3v) is 3.85. The lowest BCUT2D eigenvalue weighted by molar-refractivity contribution is 0.0883. The second kappa shape index (κ2) is 6.23. The molecule has 3 rings (SSSR count). The molecule has 3 amide bonds. The van der Waals surface area contributed by atoms with Crippen molar-refractivity contribution >= 4 is 23.5 Å². The van der Waals surface area contributed by atoms with E-state index in [0.29, 0.717) is 37.6 Å². The number of benzene rings is 1. The van der Waals surface area contributed by atoms with Crippen LogP contribution in [0.5, 0.6) is 0 Å². The Labute approximate surface area is 128 Å². The summed E-state index contributed by atoms with van der Waals surface area (Å²) in [6, 6.07) is 6.85. The van der Waals surface area contributed by atoms with Crippen molar-refractivity contribution in [3.8, 4) is 0 Å². The van der Waals surface area contributed by atoms with Gasteiger partial charge in [-0.2, -0.15) is 0 Å². The number of likely N-dealkylation sites (tertiary alicyclic amines) is 1. The molecular weight excluding hydrogens is 286 g/mol. The van der Waals surface area contributed by atoms with Gasteiger partial charge in [0.25, 0.3) is 0 Å². The molecule has 7 heteroatoms. The van der Waals surface area contributed by atoms with E-state index in [0.717, 1.165) is 12.8 Å². The first-order valence-corrected chi connectivity index (χ1v) is 7.42. The number of rotatable bonds is 2. The molecule has 118 valence electrons. The molecular formula is C15H19N3O4. The van der Waals surface area contributed by atoms with Crippen molar-refractivity contribution in [2.75, 3.05) is 36.5 Å². The highest BCUT2D eigenvalue weighted by Crippen LogP contribution is 2.23. The monoisotopic (exact) mass is 305 g/mol. The van der Waals surface area contributed by atoms with Crippen molar-refractivity contribution in [1.82, 2.24) is 4.90 Å². The minimum atomic E-state index is -0.454. The van der Waals surface area contributed by atoms with E-state index in [1.807, 2.05) is 0 Å². The number of piperidine rings is 1. The van der Waals surface area contributed by atoms with Gasteiger partial charge in [0.1, 0.15) is 6.61 Å². The maximum atomic E-state index is 12.2. The Hall–Kier alpha value is -2.28. The van der Waals surface area contributed by atoms with Crippen molar-refractivity contribution in [3.05, 3.63) is 24.3 Å². The highest BCUT2D eigenvalue weighted by molar-refractivity contribution is 5.93. The van der Waals surface area contributed by atoms with E-state index in [4.69, 9.17) is 4.74 Å². The largest absolute Gasteiger partial charge is 0.447 e. The highest BCUT2D eigenvalue weighted by Gasteiger charge is 2.25. The molecule has 1 aromatic rings. The van der Waals surface area contributed by atoms with E-state index in [9.17, 15) is 14.7 Å². The first-order chi connectivity index (χ1) is 10.6. The number of hydrogen-bond acceptors (Lipinski definition) is 4. The SMILES string of the molecule is O=C(Nc1cccc(N2CCOC2=O)c1)N1CCC[C@@H](O)C1. The van der Waals surface area contributed by atoms with Gasteiger partial charge >= 0.3 is 12.1 Å². The van der Waals surface area contributed by atoms with E-state index in [2.05, 4.69) is 5.32 Å². The van der Waals surface area contributed by atoms with Crippen LogP contribution >= 0.6 is 0 Å². The van der Waals surface area contributed by atoms with Gasteiger partial charge in [0, 0.05) is 24.5 Å². The van der Waals surface area contributed by atoms with Gasteiger partial charge in [0.2, 0.25) is 0 Å². The zero-order valence-corrected chi connectivity index (χ0v) is 12.2. The molecule has 0 spiro atoms. The van der Waals surface area contributed by atoms with E-state index >= 15 is 0 Å². The molecule has 2 aliphatic rings. The Morgan fingerprint density at radius 2 is 2.23 bits per heavy atom. The lowest BCUT2D eigenvalue weighted by Gasteiger charge is -2.30. The van der Waals surface area contributed by atoms with Gasteiger partial charge < -0.3 is 20.1 Å². The summed E-state index contributed by atoms with van der Waals surface area (Å²) in [5.41, 5.74) is 1.31. The van der Waals surface area contributed by atoms with Crippen molar-refractivity contribution in [2.45, 2.75) is 18.9 Å². The number of nitrogens with one attached hydrogen (secondary N) is 1. The van der Waals surface area contributed by atoms with Crippen LogP contribution in [-0.2, 0) is 4.74 Å². The van der Waals surface area contributed by atoms with Crippen LogP contribution in [0.4, 0.5) is 21.0 Å². The third-order valence-electron chi connectivity index (χ3n) is 3.85. The number of amides is 3. The normalized spacial score (nSPS) is 21.7. The maximum absolute atomic E-state index is 12.2. The third kappa shape index (κ3) is 3.14. The van der Waals surface area contributed by atoms with Gasteiger partial charge in [0.05, 0.1) is 12.6 Å². The molecule has 2 saturated heterocycles. The second-order valence-electron chi connectivity index (χ2n) is 5.49. The molecule has 0 saturated carbocycles. The van der Waals surface area contributed by atoms with E-state index in [1.54, 1.807) is 29.2 Å². The summed E-state index contributed by atoms with van der Waals surface area (Å²) in [4.78, 5) is 26.9. The molecule has 2 heterocycles. The van der Waals surface area contributed by atoms with Gasteiger partial charge in [-0.1, -0.05) is 6.07 Å². The topological polar surface area (TPSA) is 82.1 Å². The summed E-state index contributed by atoms with van der Waals surface area (Å²) in [6.45, 7) is 1.88. The molecule has 1 atom stereocenters. The highest BCUT2D eigenvalue weighted by atomic mass is 16.6. The summed E-state index contributed by atoms with van der Waals surface area (Å²) in [7, 11) is 0. The van der Waals surface area contributed by atoms with E-state index in [1.165, 1.54) is 4.90 Å². The van der Waals surface area contributed by atoms with Crippen molar-refractivity contribution in [1.29, 1.82) is 0 Å². The van der Waals surface area contributed by atoms with Crippen LogP contribution in [0, 0.1) is 0 Å². The molecule has 0 aliphatic carbocycles. The zero-order valence-electron chi connectivity index (χ0n) is 12.2. The van der Waals surface area contributed by atoms with Crippen LogP contribution in [0.3, 0.4) is 0 Å². The summed E-state index contributed by atoms with van der Waals surface area (Å²) in [5, 5.41) is 12.4. The number of urea groups is 1. The predicted octanol–water partition coefficient (Wildman–Crippen LogP) is 1.63. The first kappa shape index (κ1) is 14.6. The average Bonchev–Trinajstić information content (AvgIpc) is 2.94. The number of cyclic esters (lactones) is 1. The number of β-amino-alcohol motifs (C(OH)–C–C–N with tert-alkyl or cyclic N) is 1. The lowest BCUT2D eigenvalue weighted by Crippen LogP contribution is -2.44. The quantitative estimate of drug-likeness (QED) is 0.870. The molecule has 7 nitrogen and oxygen atoms in total. The molecule has 2 N–H and O–H groups in total. The zero-order chi connectivity index (χ0) is 15.5. The minimum Gasteiger partial charge on any atom is -0.447 e. The van der Waals surface area contributed by atoms with Crippen molar-refractivity contribution in [2.24, 2.45) is 0 Å². The van der Waals surface area contributed by atoms with Gasteiger partial charge in [0.15, 0.2) is 0 Å². The maximum Gasteiger partial charge on any atom is 0.414 e. The smallest absolute Gasteiger partial charge is 0.414 e. The van der Waals surface area contributed by atoms with Crippen molar-refractivity contribution < 1.29 is 19.4 Å². The fraction of sp³-hybridized carbons (Fsp3) is 0.467. The number of carbonyl (C=O) groups is 2. The Kier molecular flexibility index (Phi) is 4.15. The molecule has 0 radical (unpaired) electrons. The fourth-order valence-electron chi connectivity index (χ4n) is 2.72. The molecule has 2 aliphatic heterocycles. The van der Waals surface area contributed by atoms with Crippen molar-refractivity contribution in [3.63, 3.8) is 0 Å².